The first-order valence-electron chi connectivity index (χ1n) is 3.38. The van der Waals surface area contributed by atoms with Crippen LogP contribution in [0.25, 0.3) is 0 Å². The number of H-pyrrole nitrogens is 1. The lowest BCUT2D eigenvalue weighted by Crippen LogP contribution is -2.10. The van der Waals surface area contributed by atoms with Crippen LogP contribution in [0.4, 0.5) is 0 Å². The van der Waals surface area contributed by atoms with E-state index >= 15 is 0 Å². The molecule has 8 nitrogen and oxygen atoms in total. The zero-order valence-electron chi connectivity index (χ0n) is 6.86. The standard InChI is InChI=1S/C4H8N3O5PS/c8-13(9,10)3-14(11,12)1-4-5-2-6-7-4/h2H,1,3H2,(H,5,6,7)(H2,8,9,10). The quantitative estimate of drug-likeness (QED) is 0.567. The number of aromatic amines is 1. The van der Waals surface area contributed by atoms with Gasteiger partial charge in [-0.3, -0.25) is 9.66 Å². The second kappa shape index (κ2) is 3.77. The second-order valence-corrected chi connectivity index (χ2v) is 6.75. The van der Waals surface area contributed by atoms with Gasteiger partial charge in [0.1, 0.15) is 17.9 Å². The lowest BCUT2D eigenvalue weighted by molar-refractivity contribution is 0.378. The molecule has 1 heterocycles. The summed E-state index contributed by atoms with van der Waals surface area (Å²) in [5.74, 6) is -0.503. The summed E-state index contributed by atoms with van der Waals surface area (Å²) >= 11 is 0. The maximum absolute atomic E-state index is 11.1. The largest absolute Gasteiger partial charge is 0.340 e. The molecule has 0 aliphatic rings. The summed E-state index contributed by atoms with van der Waals surface area (Å²) in [5, 5.41) is 5.69. The Balaban J connectivity index is 2.74. The van der Waals surface area contributed by atoms with Crippen LogP contribution in [-0.4, -0.2) is 38.9 Å². The number of nitrogens with one attached hydrogen (secondary N) is 1. The third kappa shape index (κ3) is 3.97. The van der Waals surface area contributed by atoms with Crippen molar-refractivity contribution in [3.05, 3.63) is 12.2 Å². The van der Waals surface area contributed by atoms with Gasteiger partial charge in [-0.15, -0.1) is 0 Å². The van der Waals surface area contributed by atoms with Gasteiger partial charge in [0.25, 0.3) is 0 Å². The van der Waals surface area contributed by atoms with Gasteiger partial charge in [-0.1, -0.05) is 0 Å². The molecule has 3 N–H and O–H groups in total. The van der Waals surface area contributed by atoms with Crippen molar-refractivity contribution >= 4 is 17.4 Å². The number of nitrogens with zero attached hydrogens (tertiary/aromatic N) is 2. The molecule has 0 spiro atoms. The van der Waals surface area contributed by atoms with Crippen molar-refractivity contribution in [1.29, 1.82) is 0 Å². The van der Waals surface area contributed by atoms with Crippen LogP contribution >= 0.6 is 7.60 Å². The molecule has 0 aliphatic carbocycles. The SMILES string of the molecule is O=P(O)(O)CS(=O)(=O)Cc1ncn[nH]1. The summed E-state index contributed by atoms with van der Waals surface area (Å²) in [6.07, 6.45) is 1.11. The van der Waals surface area contributed by atoms with E-state index in [1.54, 1.807) is 0 Å². The zero-order chi connectivity index (χ0) is 10.8. The van der Waals surface area contributed by atoms with E-state index in [-0.39, 0.29) is 5.82 Å². The Labute approximate surface area is 79.5 Å². The third-order valence-electron chi connectivity index (χ3n) is 1.19. The molecule has 0 radical (unpaired) electrons. The predicted octanol–water partition coefficient (Wildman–Crippen LogP) is -1.15. The molecule has 1 aromatic heterocycles. The van der Waals surface area contributed by atoms with Crippen LogP contribution in [0.2, 0.25) is 0 Å². The van der Waals surface area contributed by atoms with E-state index < -0.39 is 28.7 Å². The third-order valence-corrected chi connectivity index (χ3v) is 4.82. The zero-order valence-corrected chi connectivity index (χ0v) is 8.57. The van der Waals surface area contributed by atoms with Gasteiger partial charge in [-0.2, -0.15) is 5.10 Å². The van der Waals surface area contributed by atoms with E-state index in [9.17, 15) is 13.0 Å². The molecule has 0 fully saturated rings. The van der Waals surface area contributed by atoms with Crippen LogP contribution in [-0.2, 0) is 20.2 Å². The fraction of sp³-hybridized carbons (Fsp3) is 0.500. The van der Waals surface area contributed by atoms with Crippen molar-refractivity contribution in [2.24, 2.45) is 0 Å². The number of aromatic nitrogens is 3. The molecule has 0 atom stereocenters. The van der Waals surface area contributed by atoms with Gasteiger partial charge >= 0.3 is 7.60 Å². The lowest BCUT2D eigenvalue weighted by Gasteiger charge is -2.03. The molecule has 0 unspecified atom stereocenters. The molecular formula is C4H8N3O5PS. The Bertz CT molecular complexity index is 434. The molecule has 80 valence electrons. The first-order valence-corrected chi connectivity index (χ1v) is 7.00. The highest BCUT2D eigenvalue weighted by molar-refractivity contribution is 7.96. The van der Waals surface area contributed by atoms with Crippen LogP contribution in [0.3, 0.4) is 0 Å². The molecule has 0 amide bonds. The maximum atomic E-state index is 11.1. The van der Waals surface area contributed by atoms with Crippen LogP contribution in [0.5, 0.6) is 0 Å². The van der Waals surface area contributed by atoms with Crippen molar-refractivity contribution in [3.8, 4) is 0 Å². The van der Waals surface area contributed by atoms with Gasteiger partial charge in [0, 0.05) is 0 Å². The fourth-order valence-corrected chi connectivity index (χ4v) is 3.78. The van der Waals surface area contributed by atoms with Gasteiger partial charge in [0.05, 0.1) is 0 Å². The van der Waals surface area contributed by atoms with E-state index in [0.717, 1.165) is 6.33 Å². The van der Waals surface area contributed by atoms with Crippen LogP contribution in [0, 0.1) is 0 Å². The highest BCUT2D eigenvalue weighted by atomic mass is 32.2. The van der Waals surface area contributed by atoms with Gasteiger partial charge in [0.15, 0.2) is 15.3 Å². The van der Waals surface area contributed by atoms with E-state index in [0.29, 0.717) is 0 Å². The minimum Gasteiger partial charge on any atom is -0.324 e. The molecule has 0 aromatic carbocycles. The molecule has 0 saturated heterocycles. The van der Waals surface area contributed by atoms with Gasteiger partial charge in [-0.25, -0.2) is 13.4 Å². The summed E-state index contributed by atoms with van der Waals surface area (Å²) < 4.78 is 32.7. The molecule has 1 rings (SSSR count). The van der Waals surface area contributed by atoms with Crippen molar-refractivity contribution in [1.82, 2.24) is 15.2 Å². The number of hydrogen-bond acceptors (Lipinski definition) is 5. The number of rotatable bonds is 4. The average molecular weight is 241 g/mol. The number of hydrogen-bond donors (Lipinski definition) is 3. The molecule has 0 saturated carbocycles. The Hall–Kier alpha value is -0.760. The minimum atomic E-state index is -4.56. The summed E-state index contributed by atoms with van der Waals surface area (Å²) in [6, 6.07) is 0. The van der Waals surface area contributed by atoms with Crippen LogP contribution < -0.4 is 0 Å². The highest BCUT2D eigenvalue weighted by Gasteiger charge is 2.25. The summed E-state index contributed by atoms with van der Waals surface area (Å²) in [5.41, 5.74) is -1.18. The molecule has 14 heavy (non-hydrogen) atoms. The minimum absolute atomic E-state index is 0.0541. The monoisotopic (exact) mass is 241 g/mol. The summed E-state index contributed by atoms with van der Waals surface area (Å²) in [4.78, 5) is 20.5. The number of sulfone groups is 1. The first kappa shape index (κ1) is 11.3. The lowest BCUT2D eigenvalue weighted by atomic mass is 10.7. The Morgan fingerprint density at radius 2 is 2.14 bits per heavy atom. The first-order chi connectivity index (χ1) is 6.29. The van der Waals surface area contributed by atoms with E-state index in [4.69, 9.17) is 9.79 Å². The van der Waals surface area contributed by atoms with E-state index in [1.165, 1.54) is 0 Å². The van der Waals surface area contributed by atoms with Gasteiger partial charge in [0.2, 0.25) is 0 Å². The summed E-state index contributed by atoms with van der Waals surface area (Å²) in [6.45, 7) is 0. The normalized spacial score (nSPS) is 13.0. The second-order valence-electron chi connectivity index (χ2n) is 2.61. The average Bonchev–Trinajstić information content (AvgIpc) is 2.31. The van der Waals surface area contributed by atoms with E-state index in [2.05, 4.69) is 15.2 Å². The highest BCUT2D eigenvalue weighted by Crippen LogP contribution is 2.36. The Morgan fingerprint density at radius 1 is 1.50 bits per heavy atom. The van der Waals surface area contributed by atoms with Gasteiger partial charge in [-0.05, 0) is 0 Å². The van der Waals surface area contributed by atoms with Crippen LogP contribution in [0.1, 0.15) is 5.82 Å². The molecule has 0 aliphatic heterocycles. The molecule has 10 heteroatoms. The van der Waals surface area contributed by atoms with Crippen LogP contribution in [0.15, 0.2) is 6.33 Å². The molecule has 1 aromatic rings. The smallest absolute Gasteiger partial charge is 0.324 e. The topological polar surface area (TPSA) is 133 Å². The Morgan fingerprint density at radius 3 is 2.57 bits per heavy atom. The molecular weight excluding hydrogens is 233 g/mol. The maximum Gasteiger partial charge on any atom is 0.340 e. The Kier molecular flexibility index (Phi) is 3.05. The van der Waals surface area contributed by atoms with Crippen molar-refractivity contribution < 1.29 is 22.8 Å². The van der Waals surface area contributed by atoms with Crippen molar-refractivity contribution in [2.45, 2.75) is 5.75 Å². The van der Waals surface area contributed by atoms with E-state index in [1.807, 2.05) is 0 Å². The molecule has 0 bridgehead atoms. The van der Waals surface area contributed by atoms with Gasteiger partial charge < -0.3 is 9.79 Å². The fourth-order valence-electron chi connectivity index (χ4n) is 0.811. The summed E-state index contributed by atoms with van der Waals surface area (Å²) in [7, 11) is -8.41. The van der Waals surface area contributed by atoms with Crippen molar-refractivity contribution in [2.75, 3.05) is 5.49 Å². The van der Waals surface area contributed by atoms with Crippen molar-refractivity contribution in [3.63, 3.8) is 0 Å². The predicted molar refractivity (Wildman–Crippen MR) is 45.9 cm³/mol.